The van der Waals surface area contributed by atoms with Gasteiger partial charge in [0.1, 0.15) is 36.2 Å². The van der Waals surface area contributed by atoms with E-state index in [9.17, 15) is 48.2 Å². The minimum absolute atomic E-state index is 0.0129. The molecule has 1 aromatic carbocycles. The molecule has 0 bridgehead atoms. The lowest BCUT2D eigenvalue weighted by Gasteiger charge is -2.21. The van der Waals surface area contributed by atoms with Gasteiger partial charge >= 0.3 is 23.4 Å². The van der Waals surface area contributed by atoms with Gasteiger partial charge in [-0.1, -0.05) is 12.1 Å². The number of nitrogens with zero attached hydrogens (tertiary/aromatic N) is 4. The van der Waals surface area contributed by atoms with E-state index >= 15 is 0 Å². The summed E-state index contributed by atoms with van der Waals surface area (Å²) in [6, 6.07) is 4.17. The molecule has 22 nitrogen and oxygen atoms in total. The number of hydrogen-bond donors (Lipinski definition) is 9. The van der Waals surface area contributed by atoms with Crippen molar-refractivity contribution in [3.63, 3.8) is 0 Å². The molecule has 25 heteroatoms. The first kappa shape index (κ1) is 35.5. The largest absolute Gasteiger partial charge is 0.489 e. The number of nitrogens with one attached hydrogen (secondary N) is 2. The van der Waals surface area contributed by atoms with Gasteiger partial charge in [0.25, 0.3) is 0 Å². The second-order valence-corrected chi connectivity index (χ2v) is 14.4. The van der Waals surface area contributed by atoms with Crippen LogP contribution in [0.15, 0.2) is 36.9 Å². The Morgan fingerprint density at radius 1 is 1.04 bits per heavy atom. The Morgan fingerprint density at radius 2 is 1.72 bits per heavy atom. The monoisotopic (exact) mass is 710 g/mol. The molecule has 3 aromatic rings. The molecule has 0 saturated carbocycles. The van der Waals surface area contributed by atoms with Crippen molar-refractivity contribution in [2.45, 2.75) is 43.9 Å². The topological polar surface area (TPSA) is 343 Å². The number of ether oxygens (including phenoxy) is 1. The Bertz CT molecular complexity index is 1740. The lowest BCUT2D eigenvalue weighted by atomic mass is 10.1. The molecular formula is C21H29N8O14P3. The number of aromatic nitrogens is 4. The van der Waals surface area contributed by atoms with E-state index in [4.69, 9.17) is 16.2 Å². The molecule has 252 valence electrons. The van der Waals surface area contributed by atoms with E-state index < -0.39 is 72.4 Å². The predicted molar refractivity (Wildman–Crippen MR) is 154 cm³/mol. The number of rotatable bonds is 14. The zero-order valence-corrected chi connectivity index (χ0v) is 26.1. The van der Waals surface area contributed by atoms with E-state index in [0.29, 0.717) is 5.56 Å². The number of hydrogen-bond acceptors (Lipinski definition) is 15. The smallest absolute Gasteiger partial charge is 0.387 e. The third kappa shape index (κ3) is 8.91. The number of amides is 2. The fraction of sp³-hybridized carbons (Fsp3) is 0.381. The highest BCUT2D eigenvalue weighted by Gasteiger charge is 2.47. The fourth-order valence-corrected chi connectivity index (χ4v) is 7.94. The zero-order valence-electron chi connectivity index (χ0n) is 23.5. The van der Waals surface area contributed by atoms with E-state index in [-0.39, 0.29) is 29.1 Å². The molecule has 0 spiro atoms. The Balaban J connectivity index is 1.33. The van der Waals surface area contributed by atoms with E-state index in [1.54, 1.807) is 0 Å². The van der Waals surface area contributed by atoms with Gasteiger partial charge in [-0.2, -0.15) is 8.62 Å². The van der Waals surface area contributed by atoms with Crippen LogP contribution in [0.4, 0.5) is 11.5 Å². The van der Waals surface area contributed by atoms with Gasteiger partial charge in [-0.3, -0.25) is 23.8 Å². The Morgan fingerprint density at radius 3 is 2.35 bits per heavy atom. The van der Waals surface area contributed by atoms with Crippen LogP contribution in [-0.4, -0.2) is 87.2 Å². The average molecular weight is 710 g/mol. The number of nitrogens with two attached hydrogens (primary N) is 2. The summed E-state index contributed by atoms with van der Waals surface area (Å²) in [5.41, 5.74) is 11.6. The van der Waals surface area contributed by atoms with Gasteiger partial charge in [-0.15, -0.1) is 0 Å². The Kier molecular flexibility index (Phi) is 10.6. The summed E-state index contributed by atoms with van der Waals surface area (Å²) in [4.78, 5) is 64.5. The average Bonchev–Trinajstić information content (AvgIpc) is 3.48. The van der Waals surface area contributed by atoms with Crippen LogP contribution in [0.3, 0.4) is 0 Å². The van der Waals surface area contributed by atoms with Gasteiger partial charge in [0.2, 0.25) is 11.8 Å². The van der Waals surface area contributed by atoms with Crippen LogP contribution in [0.1, 0.15) is 18.7 Å². The summed E-state index contributed by atoms with van der Waals surface area (Å²) >= 11 is 0. The first-order chi connectivity index (χ1) is 21.4. The first-order valence-electron chi connectivity index (χ1n) is 12.8. The second-order valence-electron chi connectivity index (χ2n) is 9.71. The van der Waals surface area contributed by atoms with Gasteiger partial charge < -0.3 is 46.4 Å². The van der Waals surface area contributed by atoms with Crippen molar-refractivity contribution in [1.29, 1.82) is 0 Å². The van der Waals surface area contributed by atoms with Crippen LogP contribution in [-0.2, 0) is 47.6 Å². The molecule has 2 aromatic heterocycles. The predicted octanol–water partition coefficient (Wildman–Crippen LogP) is -0.977. The standard InChI is InChI=1S/C21H29N8O14P3/c1-10(30)27-13(19(23)33)6-11-2-4-12(5-3-11)28-44(34,35)42-46(38,39)43-45(36,37)40-7-14-16(31)17(32)21(41-14)29-9-26-15-18(22)24-8-25-20(15)29/h2-5,8-9,13-14,16-17,21,31-32H,6-7H2,1H3,(H2,23,33)(H,27,30)(H,36,37)(H,38,39)(H2,22,24,25)(H2,28,34,35)/t13?,14-,16-,17-,21?/m1/s1. The van der Waals surface area contributed by atoms with Gasteiger partial charge in [0.05, 0.1) is 12.9 Å². The van der Waals surface area contributed by atoms with E-state index in [1.165, 1.54) is 42.1 Å². The normalized spacial score (nSPS) is 24.4. The lowest BCUT2D eigenvalue weighted by molar-refractivity contribution is -0.126. The number of aliphatic hydroxyl groups excluding tert-OH is 2. The summed E-state index contributed by atoms with van der Waals surface area (Å²) in [7, 11) is -16.6. The number of aliphatic hydroxyl groups is 2. The molecule has 1 aliphatic heterocycles. The maximum absolute atomic E-state index is 12.5. The number of imidazole rings is 1. The molecule has 11 N–H and O–H groups in total. The Labute approximate surface area is 258 Å². The van der Waals surface area contributed by atoms with Gasteiger partial charge in [-0.25, -0.2) is 28.6 Å². The van der Waals surface area contributed by atoms with Crippen molar-refractivity contribution in [1.82, 2.24) is 24.8 Å². The van der Waals surface area contributed by atoms with Crippen LogP contribution in [0.2, 0.25) is 0 Å². The number of carbonyl (C=O) groups excluding carboxylic acids is 2. The second kappa shape index (κ2) is 13.8. The quantitative estimate of drug-likeness (QED) is 0.0908. The molecule has 0 aliphatic carbocycles. The number of nitrogen functional groups attached to an aromatic ring is 1. The maximum Gasteiger partial charge on any atom is 0.489 e. The molecule has 1 aliphatic rings. The van der Waals surface area contributed by atoms with E-state index in [2.05, 4.69) is 33.4 Å². The third-order valence-electron chi connectivity index (χ3n) is 6.21. The van der Waals surface area contributed by atoms with Crippen molar-refractivity contribution < 1.29 is 66.1 Å². The number of phosphoric acid groups is 2. The van der Waals surface area contributed by atoms with Gasteiger partial charge in [0, 0.05) is 19.0 Å². The van der Waals surface area contributed by atoms with Crippen molar-refractivity contribution in [2.24, 2.45) is 5.73 Å². The van der Waals surface area contributed by atoms with Crippen LogP contribution in [0.5, 0.6) is 0 Å². The number of carbonyl (C=O) groups is 2. The van der Waals surface area contributed by atoms with E-state index in [1.807, 2.05) is 5.09 Å². The van der Waals surface area contributed by atoms with Gasteiger partial charge in [-0.05, 0) is 17.7 Å². The van der Waals surface area contributed by atoms with Crippen molar-refractivity contribution >= 4 is 57.9 Å². The molecule has 2 amide bonds. The highest BCUT2D eigenvalue weighted by Crippen LogP contribution is 2.67. The van der Waals surface area contributed by atoms with E-state index in [0.717, 1.165) is 6.33 Å². The summed E-state index contributed by atoms with van der Waals surface area (Å²) < 4.78 is 56.8. The molecule has 46 heavy (non-hydrogen) atoms. The Hall–Kier alpha value is -3.36. The number of primary amides is 1. The molecule has 0 radical (unpaired) electrons. The summed E-state index contributed by atoms with van der Waals surface area (Å²) in [6.45, 7) is 0.215. The van der Waals surface area contributed by atoms with Crippen molar-refractivity contribution in [3.8, 4) is 0 Å². The minimum atomic E-state index is -5.79. The zero-order chi connectivity index (χ0) is 34.0. The summed E-state index contributed by atoms with van der Waals surface area (Å²) in [5.74, 6) is -1.26. The number of phosphoric ester groups is 1. The lowest BCUT2D eigenvalue weighted by Crippen LogP contribution is -2.44. The van der Waals surface area contributed by atoms with Crippen LogP contribution >= 0.6 is 23.4 Å². The summed E-state index contributed by atoms with van der Waals surface area (Å²) in [6.07, 6.45) is -3.85. The molecule has 4 rings (SSSR count). The number of anilines is 2. The van der Waals surface area contributed by atoms with Crippen LogP contribution in [0.25, 0.3) is 11.2 Å². The summed E-state index contributed by atoms with van der Waals surface area (Å²) in [5, 5.41) is 25.2. The number of benzene rings is 1. The van der Waals surface area contributed by atoms with Crippen LogP contribution in [0, 0.1) is 0 Å². The molecule has 8 atom stereocenters. The molecule has 5 unspecified atom stereocenters. The van der Waals surface area contributed by atoms with Crippen molar-refractivity contribution in [2.75, 3.05) is 17.4 Å². The molecule has 1 fully saturated rings. The van der Waals surface area contributed by atoms with Gasteiger partial charge in [0.15, 0.2) is 17.7 Å². The fourth-order valence-electron chi connectivity index (χ4n) is 4.23. The third-order valence-corrected chi connectivity index (χ3v) is 10.6. The number of fused-ring (bicyclic) bond motifs is 1. The molecule has 1 saturated heterocycles. The molecular weight excluding hydrogens is 681 g/mol. The highest BCUT2D eigenvalue weighted by atomic mass is 31.3. The van der Waals surface area contributed by atoms with Crippen LogP contribution < -0.4 is 21.9 Å². The molecule has 3 heterocycles. The highest BCUT2D eigenvalue weighted by molar-refractivity contribution is 7.68. The first-order valence-corrected chi connectivity index (χ1v) is 17.4. The maximum atomic E-state index is 12.5. The minimum Gasteiger partial charge on any atom is -0.387 e. The SMILES string of the molecule is CC(=O)NC(Cc1ccc(NP(=O)(O)OP(=O)(O)OP(=O)(O)OC[C@H]2OC(n3cnc4c(N)ncnc43)[C@H](O)[C@@H]2O)cc1)C(N)=O. The van der Waals surface area contributed by atoms with Crippen molar-refractivity contribution in [3.05, 3.63) is 42.5 Å².